The first-order valence-corrected chi connectivity index (χ1v) is 7.73. The number of ether oxygens (including phenoxy) is 1. The van der Waals surface area contributed by atoms with Crippen molar-refractivity contribution in [3.63, 3.8) is 0 Å². The van der Waals surface area contributed by atoms with Crippen molar-refractivity contribution < 1.29 is 19.2 Å². The van der Waals surface area contributed by atoms with Crippen molar-refractivity contribution in [3.05, 3.63) is 11.6 Å². The number of carbonyl (C=O) groups is 2. The standard InChI is InChI=1S/C15H24N4O4/c1-17-6-8-18(9-7-17)14(12-20)23-15(21)19-5-3-4-13(11-19)10-16-22-2/h4,10,12,14H,3,5-9,11H2,1-2H3. The fourth-order valence-electron chi connectivity index (χ4n) is 2.58. The molecule has 0 aromatic carbocycles. The molecule has 128 valence electrons. The number of nitrogens with zero attached hydrogens (tertiary/aromatic N) is 4. The Labute approximate surface area is 136 Å². The fourth-order valence-corrected chi connectivity index (χ4v) is 2.58. The van der Waals surface area contributed by atoms with Gasteiger partial charge in [0.25, 0.3) is 0 Å². The number of carbonyl (C=O) groups excluding carboxylic acids is 2. The molecule has 0 spiro atoms. The van der Waals surface area contributed by atoms with Crippen molar-refractivity contribution in [3.8, 4) is 0 Å². The van der Waals surface area contributed by atoms with Gasteiger partial charge in [0, 0.05) is 32.7 Å². The Morgan fingerprint density at radius 1 is 1.30 bits per heavy atom. The minimum absolute atomic E-state index is 0.403. The second-order valence-electron chi connectivity index (χ2n) is 5.66. The quantitative estimate of drug-likeness (QED) is 0.407. The Kier molecular flexibility index (Phi) is 6.54. The van der Waals surface area contributed by atoms with Crippen LogP contribution in [-0.4, -0.2) is 92.9 Å². The molecular weight excluding hydrogens is 300 g/mol. The lowest BCUT2D eigenvalue weighted by atomic mass is 10.1. The predicted molar refractivity (Wildman–Crippen MR) is 85.2 cm³/mol. The predicted octanol–water partition coefficient (Wildman–Crippen LogP) is 0.160. The van der Waals surface area contributed by atoms with E-state index in [1.54, 1.807) is 11.1 Å². The van der Waals surface area contributed by atoms with Crippen molar-refractivity contribution in [2.24, 2.45) is 5.16 Å². The Morgan fingerprint density at radius 2 is 2.04 bits per heavy atom. The molecule has 0 bridgehead atoms. The first-order valence-electron chi connectivity index (χ1n) is 7.73. The van der Waals surface area contributed by atoms with E-state index in [2.05, 4.69) is 14.9 Å². The van der Waals surface area contributed by atoms with Crippen LogP contribution < -0.4 is 0 Å². The average Bonchev–Trinajstić information content (AvgIpc) is 2.58. The van der Waals surface area contributed by atoms with Crippen LogP contribution in [0, 0.1) is 0 Å². The van der Waals surface area contributed by atoms with Crippen LogP contribution in [0.3, 0.4) is 0 Å². The number of hydrogen-bond acceptors (Lipinski definition) is 7. The third-order valence-electron chi connectivity index (χ3n) is 4.00. The molecule has 2 rings (SSSR count). The monoisotopic (exact) mass is 324 g/mol. The van der Waals surface area contributed by atoms with E-state index in [-0.39, 0.29) is 0 Å². The van der Waals surface area contributed by atoms with Crippen molar-refractivity contribution in [1.82, 2.24) is 14.7 Å². The lowest BCUT2D eigenvalue weighted by Gasteiger charge is -2.36. The van der Waals surface area contributed by atoms with E-state index in [1.807, 2.05) is 18.0 Å². The Balaban J connectivity index is 1.88. The van der Waals surface area contributed by atoms with Gasteiger partial charge in [-0.25, -0.2) is 4.79 Å². The summed E-state index contributed by atoms with van der Waals surface area (Å²) in [5.74, 6) is 0. The van der Waals surface area contributed by atoms with E-state index in [9.17, 15) is 9.59 Å². The largest absolute Gasteiger partial charge is 0.423 e. The van der Waals surface area contributed by atoms with Gasteiger partial charge in [-0.1, -0.05) is 11.2 Å². The fraction of sp³-hybridized carbons (Fsp3) is 0.667. The zero-order valence-corrected chi connectivity index (χ0v) is 13.7. The third-order valence-corrected chi connectivity index (χ3v) is 4.00. The van der Waals surface area contributed by atoms with Gasteiger partial charge in [-0.3, -0.25) is 9.69 Å². The number of amides is 1. The van der Waals surface area contributed by atoms with E-state index in [4.69, 9.17) is 4.74 Å². The lowest BCUT2D eigenvalue weighted by molar-refractivity contribution is -0.127. The van der Waals surface area contributed by atoms with Crippen LogP contribution >= 0.6 is 0 Å². The molecular formula is C15H24N4O4. The molecule has 0 N–H and O–H groups in total. The highest BCUT2D eigenvalue weighted by Gasteiger charge is 2.28. The van der Waals surface area contributed by atoms with Gasteiger partial charge in [0.2, 0.25) is 6.23 Å². The number of oxime groups is 1. The molecule has 2 aliphatic rings. The highest BCUT2D eigenvalue weighted by atomic mass is 16.6. The van der Waals surface area contributed by atoms with Gasteiger partial charge in [-0.2, -0.15) is 0 Å². The minimum atomic E-state index is -0.821. The SMILES string of the molecule is CON=CC1=CCCN(C(=O)OC(C=O)N2CCN(C)CC2)C1. The van der Waals surface area contributed by atoms with Crippen molar-refractivity contribution in [2.45, 2.75) is 12.6 Å². The van der Waals surface area contributed by atoms with E-state index in [0.29, 0.717) is 32.5 Å². The third kappa shape index (κ3) is 5.04. The van der Waals surface area contributed by atoms with Gasteiger partial charge in [0.05, 0.1) is 12.8 Å². The summed E-state index contributed by atoms with van der Waals surface area (Å²) in [6, 6.07) is 0. The normalized spacial score (nSPS) is 21.8. The second-order valence-corrected chi connectivity index (χ2v) is 5.66. The van der Waals surface area contributed by atoms with Gasteiger partial charge < -0.3 is 19.4 Å². The highest BCUT2D eigenvalue weighted by Crippen LogP contribution is 2.12. The molecule has 8 heteroatoms. The van der Waals surface area contributed by atoms with Gasteiger partial charge in [0.15, 0.2) is 6.29 Å². The van der Waals surface area contributed by atoms with Gasteiger partial charge in [-0.15, -0.1) is 0 Å². The number of aldehydes is 1. The summed E-state index contributed by atoms with van der Waals surface area (Å²) in [5, 5.41) is 3.71. The van der Waals surface area contributed by atoms with Crippen LogP contribution in [-0.2, 0) is 14.4 Å². The molecule has 8 nitrogen and oxygen atoms in total. The molecule has 1 unspecified atom stereocenters. The van der Waals surface area contributed by atoms with Crippen LogP contribution in [0.5, 0.6) is 0 Å². The molecule has 0 saturated carbocycles. The van der Waals surface area contributed by atoms with Crippen LogP contribution in [0.2, 0.25) is 0 Å². The maximum Gasteiger partial charge on any atom is 0.412 e. The summed E-state index contributed by atoms with van der Waals surface area (Å²) in [4.78, 5) is 33.9. The molecule has 2 aliphatic heterocycles. The van der Waals surface area contributed by atoms with Gasteiger partial charge >= 0.3 is 6.09 Å². The van der Waals surface area contributed by atoms with E-state index in [0.717, 1.165) is 25.1 Å². The molecule has 0 aromatic heterocycles. The Bertz CT molecular complexity index is 472. The molecule has 1 amide bonds. The number of piperazine rings is 1. The lowest BCUT2D eigenvalue weighted by Crippen LogP contribution is -2.52. The molecule has 23 heavy (non-hydrogen) atoms. The Hall–Kier alpha value is -1.93. The second kappa shape index (κ2) is 8.64. The summed E-state index contributed by atoms with van der Waals surface area (Å²) in [6.45, 7) is 4.09. The van der Waals surface area contributed by atoms with E-state index >= 15 is 0 Å². The summed E-state index contributed by atoms with van der Waals surface area (Å²) in [7, 11) is 3.50. The topological polar surface area (TPSA) is 74.7 Å². The number of hydrogen-bond donors (Lipinski definition) is 0. The first kappa shape index (κ1) is 17.4. The van der Waals surface area contributed by atoms with Gasteiger partial charge in [-0.05, 0) is 19.0 Å². The van der Waals surface area contributed by atoms with Gasteiger partial charge in [0.1, 0.15) is 7.11 Å². The summed E-state index contributed by atoms with van der Waals surface area (Å²) in [6.07, 6.45) is 3.70. The maximum atomic E-state index is 12.3. The molecule has 1 atom stereocenters. The van der Waals surface area contributed by atoms with Crippen molar-refractivity contribution in [1.29, 1.82) is 0 Å². The zero-order valence-electron chi connectivity index (χ0n) is 13.7. The van der Waals surface area contributed by atoms with Crippen LogP contribution in [0.1, 0.15) is 6.42 Å². The van der Waals surface area contributed by atoms with Crippen LogP contribution in [0.25, 0.3) is 0 Å². The highest BCUT2D eigenvalue weighted by molar-refractivity contribution is 5.81. The molecule has 1 saturated heterocycles. The number of rotatable bonds is 5. The molecule has 0 aliphatic carbocycles. The molecule has 1 fully saturated rings. The zero-order chi connectivity index (χ0) is 16.7. The molecule has 0 aromatic rings. The minimum Gasteiger partial charge on any atom is -0.423 e. The first-order chi connectivity index (χ1) is 11.1. The summed E-state index contributed by atoms with van der Waals surface area (Å²) in [5.41, 5.74) is 0.886. The Morgan fingerprint density at radius 3 is 2.70 bits per heavy atom. The molecule has 2 heterocycles. The average molecular weight is 324 g/mol. The van der Waals surface area contributed by atoms with Crippen LogP contribution in [0.15, 0.2) is 16.8 Å². The van der Waals surface area contributed by atoms with E-state index in [1.165, 1.54) is 7.11 Å². The molecule has 0 radical (unpaired) electrons. The van der Waals surface area contributed by atoms with Crippen molar-refractivity contribution >= 4 is 18.6 Å². The maximum absolute atomic E-state index is 12.3. The smallest absolute Gasteiger partial charge is 0.412 e. The van der Waals surface area contributed by atoms with Crippen molar-refractivity contribution in [2.75, 3.05) is 53.4 Å². The summed E-state index contributed by atoms with van der Waals surface area (Å²) >= 11 is 0. The van der Waals surface area contributed by atoms with E-state index < -0.39 is 12.3 Å². The van der Waals surface area contributed by atoms with Crippen LogP contribution in [0.4, 0.5) is 4.79 Å². The number of likely N-dealkylation sites (N-methyl/N-ethyl adjacent to an activating group) is 1. The summed E-state index contributed by atoms with van der Waals surface area (Å²) < 4.78 is 5.39.